The van der Waals surface area contributed by atoms with Crippen molar-refractivity contribution in [2.75, 3.05) is 39.3 Å². The van der Waals surface area contributed by atoms with Crippen molar-refractivity contribution in [3.05, 3.63) is 0 Å². The molecular weight excluding hydrogens is 284 g/mol. The van der Waals surface area contributed by atoms with Crippen LogP contribution < -0.4 is 0 Å². The Balaban J connectivity index is 1.60. The molecule has 136 valence electrons. The van der Waals surface area contributed by atoms with E-state index >= 15 is 0 Å². The number of rotatable bonds is 7. The maximum atomic E-state index is 6.16. The van der Waals surface area contributed by atoms with Crippen LogP contribution in [-0.4, -0.2) is 61.3 Å². The Kier molecular flexibility index (Phi) is 7.84. The van der Waals surface area contributed by atoms with Gasteiger partial charge < -0.3 is 9.64 Å². The van der Waals surface area contributed by atoms with Crippen LogP contribution in [-0.2, 0) is 4.74 Å². The van der Waals surface area contributed by atoms with Crippen LogP contribution in [0.4, 0.5) is 0 Å². The van der Waals surface area contributed by atoms with Crippen LogP contribution in [0.1, 0.15) is 60.3 Å². The second kappa shape index (κ2) is 9.39. The third kappa shape index (κ3) is 6.36. The minimum Gasteiger partial charge on any atom is -0.378 e. The standard InChI is InChI=1S/C20H40N2O/c1-16(2)18(5)15-23-20-8-6-19(7-9-20)14-21-10-12-22(13-11-21)17(3)4/h16-20H,6-15H2,1-5H3/t18-,19?,20?/m0/s1. The normalized spacial score (nSPS) is 29.3. The summed E-state index contributed by atoms with van der Waals surface area (Å²) in [5.74, 6) is 2.32. The van der Waals surface area contributed by atoms with Gasteiger partial charge in [0.25, 0.3) is 0 Å². The maximum Gasteiger partial charge on any atom is 0.0575 e. The summed E-state index contributed by atoms with van der Waals surface area (Å²) in [4.78, 5) is 5.31. The SMILES string of the molecule is CC(C)[C@@H](C)COC1CCC(CN2CCN(C(C)C)CC2)CC1. The maximum absolute atomic E-state index is 6.16. The van der Waals surface area contributed by atoms with Crippen LogP contribution in [0.2, 0.25) is 0 Å². The summed E-state index contributed by atoms with van der Waals surface area (Å²) in [7, 11) is 0. The molecule has 3 nitrogen and oxygen atoms in total. The fourth-order valence-corrected chi connectivity index (χ4v) is 3.79. The van der Waals surface area contributed by atoms with Crippen molar-refractivity contribution in [2.45, 2.75) is 72.4 Å². The Morgan fingerprint density at radius 3 is 2.00 bits per heavy atom. The van der Waals surface area contributed by atoms with Crippen LogP contribution in [0.15, 0.2) is 0 Å². The molecule has 1 saturated carbocycles. The van der Waals surface area contributed by atoms with E-state index < -0.39 is 0 Å². The summed E-state index contributed by atoms with van der Waals surface area (Å²) in [5.41, 5.74) is 0. The molecule has 0 aromatic rings. The van der Waals surface area contributed by atoms with Gasteiger partial charge in [-0.3, -0.25) is 4.90 Å². The lowest BCUT2D eigenvalue weighted by Gasteiger charge is -2.39. The summed E-state index contributed by atoms with van der Waals surface area (Å²) in [6, 6.07) is 0.706. The quantitative estimate of drug-likeness (QED) is 0.707. The third-order valence-corrected chi connectivity index (χ3v) is 6.18. The molecule has 3 heteroatoms. The molecule has 0 unspecified atom stereocenters. The van der Waals surface area contributed by atoms with E-state index in [1.54, 1.807) is 0 Å². The average molecular weight is 325 g/mol. The Morgan fingerprint density at radius 1 is 0.870 bits per heavy atom. The lowest BCUT2D eigenvalue weighted by atomic mass is 9.86. The minimum atomic E-state index is 0.533. The number of hydrogen-bond acceptors (Lipinski definition) is 3. The second-order valence-corrected chi connectivity index (χ2v) is 8.63. The van der Waals surface area contributed by atoms with Crippen molar-refractivity contribution >= 4 is 0 Å². The molecule has 0 bridgehead atoms. The molecule has 1 aliphatic heterocycles. The van der Waals surface area contributed by atoms with Gasteiger partial charge in [0.2, 0.25) is 0 Å². The zero-order valence-electron chi connectivity index (χ0n) is 16.3. The molecule has 23 heavy (non-hydrogen) atoms. The minimum absolute atomic E-state index is 0.533. The van der Waals surface area contributed by atoms with Crippen molar-refractivity contribution < 1.29 is 4.74 Å². The number of nitrogens with zero attached hydrogens (tertiary/aromatic N) is 2. The first-order valence-corrected chi connectivity index (χ1v) is 10.0. The predicted molar refractivity (Wildman–Crippen MR) is 98.8 cm³/mol. The van der Waals surface area contributed by atoms with Crippen LogP contribution >= 0.6 is 0 Å². The van der Waals surface area contributed by atoms with Crippen LogP contribution in [0, 0.1) is 17.8 Å². The van der Waals surface area contributed by atoms with Crippen LogP contribution in [0.5, 0.6) is 0 Å². The van der Waals surface area contributed by atoms with Crippen LogP contribution in [0.3, 0.4) is 0 Å². The van der Waals surface area contributed by atoms with Gasteiger partial charge in [-0.2, -0.15) is 0 Å². The van der Waals surface area contributed by atoms with Gasteiger partial charge in [0, 0.05) is 45.4 Å². The van der Waals surface area contributed by atoms with Gasteiger partial charge in [-0.05, 0) is 57.3 Å². The molecule has 1 aliphatic carbocycles. The molecule has 0 aromatic heterocycles. The molecule has 2 fully saturated rings. The number of hydrogen-bond donors (Lipinski definition) is 0. The third-order valence-electron chi connectivity index (χ3n) is 6.18. The van der Waals surface area contributed by atoms with Gasteiger partial charge >= 0.3 is 0 Å². The molecule has 0 spiro atoms. The van der Waals surface area contributed by atoms with E-state index in [9.17, 15) is 0 Å². The van der Waals surface area contributed by atoms with E-state index in [1.165, 1.54) is 58.4 Å². The topological polar surface area (TPSA) is 15.7 Å². The summed E-state index contributed by atoms with van der Waals surface area (Å²) >= 11 is 0. The van der Waals surface area contributed by atoms with E-state index in [1.807, 2.05) is 0 Å². The average Bonchev–Trinajstić information content (AvgIpc) is 2.54. The number of piperazine rings is 1. The summed E-state index contributed by atoms with van der Waals surface area (Å²) in [6.45, 7) is 18.8. The molecule has 1 heterocycles. The molecule has 2 aliphatic rings. The van der Waals surface area contributed by atoms with Gasteiger partial charge in [-0.15, -0.1) is 0 Å². The summed E-state index contributed by atoms with van der Waals surface area (Å²) < 4.78 is 6.16. The summed E-state index contributed by atoms with van der Waals surface area (Å²) in [5, 5.41) is 0. The Morgan fingerprint density at radius 2 is 1.48 bits per heavy atom. The van der Waals surface area contributed by atoms with Crippen molar-refractivity contribution in [3.8, 4) is 0 Å². The predicted octanol–water partition coefficient (Wildman–Crippen LogP) is 3.88. The van der Waals surface area contributed by atoms with Gasteiger partial charge in [-0.1, -0.05) is 20.8 Å². The zero-order chi connectivity index (χ0) is 16.8. The van der Waals surface area contributed by atoms with Crippen molar-refractivity contribution in [1.82, 2.24) is 9.80 Å². The lowest BCUT2D eigenvalue weighted by Crippen LogP contribution is -2.50. The Labute approximate surface area is 144 Å². The fraction of sp³-hybridized carbons (Fsp3) is 1.00. The molecule has 1 atom stereocenters. The molecule has 0 radical (unpaired) electrons. The highest BCUT2D eigenvalue weighted by Gasteiger charge is 2.26. The van der Waals surface area contributed by atoms with Gasteiger partial charge in [0.1, 0.15) is 0 Å². The van der Waals surface area contributed by atoms with Gasteiger partial charge in [0.15, 0.2) is 0 Å². The van der Waals surface area contributed by atoms with E-state index in [-0.39, 0.29) is 0 Å². The molecule has 0 N–H and O–H groups in total. The first-order chi connectivity index (χ1) is 11.0. The molecule has 1 saturated heterocycles. The first kappa shape index (κ1) is 19.2. The molecule has 2 rings (SSSR count). The van der Waals surface area contributed by atoms with Crippen molar-refractivity contribution in [2.24, 2.45) is 17.8 Å². The Bertz CT molecular complexity index is 316. The van der Waals surface area contributed by atoms with E-state index in [4.69, 9.17) is 4.74 Å². The second-order valence-electron chi connectivity index (χ2n) is 8.63. The molecule has 0 amide bonds. The monoisotopic (exact) mass is 324 g/mol. The zero-order valence-corrected chi connectivity index (χ0v) is 16.3. The van der Waals surface area contributed by atoms with E-state index in [0.717, 1.165) is 18.4 Å². The smallest absolute Gasteiger partial charge is 0.0575 e. The van der Waals surface area contributed by atoms with Gasteiger partial charge in [0.05, 0.1) is 6.10 Å². The Hall–Kier alpha value is -0.120. The molecular formula is C20H40N2O. The highest BCUT2D eigenvalue weighted by atomic mass is 16.5. The van der Waals surface area contributed by atoms with Crippen molar-refractivity contribution in [3.63, 3.8) is 0 Å². The van der Waals surface area contributed by atoms with Gasteiger partial charge in [-0.25, -0.2) is 0 Å². The highest BCUT2D eigenvalue weighted by molar-refractivity contribution is 4.79. The van der Waals surface area contributed by atoms with Crippen LogP contribution in [0.25, 0.3) is 0 Å². The number of ether oxygens (including phenoxy) is 1. The van der Waals surface area contributed by atoms with E-state index in [0.29, 0.717) is 18.1 Å². The molecule has 0 aromatic carbocycles. The summed E-state index contributed by atoms with van der Waals surface area (Å²) in [6.07, 6.45) is 5.82. The first-order valence-electron chi connectivity index (χ1n) is 10.0. The fourth-order valence-electron chi connectivity index (χ4n) is 3.79. The van der Waals surface area contributed by atoms with E-state index in [2.05, 4.69) is 44.4 Å². The lowest BCUT2D eigenvalue weighted by molar-refractivity contribution is -0.00982. The van der Waals surface area contributed by atoms with Crippen molar-refractivity contribution in [1.29, 1.82) is 0 Å². The largest absolute Gasteiger partial charge is 0.378 e. The highest BCUT2D eigenvalue weighted by Crippen LogP contribution is 2.28.